The van der Waals surface area contributed by atoms with E-state index in [1.165, 1.54) is 4.68 Å². The van der Waals surface area contributed by atoms with Crippen LogP contribution < -0.4 is 5.32 Å². The number of amides is 1. The molecule has 4 heterocycles. The number of hydrogen-bond donors (Lipinski definition) is 1. The highest BCUT2D eigenvalue weighted by Gasteiger charge is 2.16. The van der Waals surface area contributed by atoms with Gasteiger partial charge in [0.2, 0.25) is 0 Å². The summed E-state index contributed by atoms with van der Waals surface area (Å²) in [6.45, 7) is 5.85. The van der Waals surface area contributed by atoms with Crippen molar-refractivity contribution in [1.29, 1.82) is 0 Å². The molecule has 0 aliphatic heterocycles. The molecule has 0 aromatic carbocycles. The van der Waals surface area contributed by atoms with Gasteiger partial charge >= 0.3 is 0 Å². The van der Waals surface area contributed by atoms with Crippen LogP contribution >= 0.6 is 0 Å². The minimum Gasteiger partial charge on any atom is -0.305 e. The van der Waals surface area contributed by atoms with Crippen LogP contribution in [0.25, 0.3) is 17.2 Å². The van der Waals surface area contributed by atoms with Gasteiger partial charge in [-0.05, 0) is 56.2 Å². The summed E-state index contributed by atoms with van der Waals surface area (Å²) in [4.78, 5) is 30.4. The third-order valence-electron chi connectivity index (χ3n) is 4.55. The molecule has 0 bridgehead atoms. The van der Waals surface area contributed by atoms with Gasteiger partial charge in [-0.3, -0.25) is 14.8 Å². The molecule has 8 heteroatoms. The molecule has 4 aromatic rings. The van der Waals surface area contributed by atoms with Crippen molar-refractivity contribution in [2.45, 2.75) is 20.8 Å². The zero-order valence-corrected chi connectivity index (χ0v) is 16.3. The molecule has 0 aliphatic carbocycles. The smallest absolute Gasteiger partial charge is 0.275 e. The average Bonchev–Trinajstić information content (AvgIpc) is 3.20. The summed E-state index contributed by atoms with van der Waals surface area (Å²) >= 11 is 0. The van der Waals surface area contributed by atoms with Gasteiger partial charge in [-0.2, -0.15) is 5.10 Å². The monoisotopic (exact) mass is 385 g/mol. The Hall–Kier alpha value is -3.94. The molecule has 0 radical (unpaired) electrons. The first-order valence-electron chi connectivity index (χ1n) is 9.07. The molecule has 8 nitrogen and oxygen atoms in total. The number of carbonyl (C=O) groups is 1. The Morgan fingerprint density at radius 3 is 2.69 bits per heavy atom. The summed E-state index contributed by atoms with van der Waals surface area (Å²) < 4.78 is 1.53. The van der Waals surface area contributed by atoms with E-state index in [4.69, 9.17) is 0 Å². The van der Waals surface area contributed by atoms with Crippen molar-refractivity contribution in [2.24, 2.45) is 0 Å². The van der Waals surface area contributed by atoms with E-state index in [-0.39, 0.29) is 5.91 Å². The standard InChI is InChI=1S/C21H19N7O/c1-13-6-9-23-19(15(13)3)20-25-14(2)11-18(26-20)27-21(29)17-7-10-24-28(17)16-5-4-8-22-12-16/h4-12H,1-3H3,(H,25,26,27,29). The van der Waals surface area contributed by atoms with Gasteiger partial charge in [0.15, 0.2) is 5.82 Å². The third kappa shape index (κ3) is 3.73. The van der Waals surface area contributed by atoms with Crippen LogP contribution in [-0.4, -0.2) is 35.6 Å². The number of nitrogens with one attached hydrogen (secondary N) is 1. The van der Waals surface area contributed by atoms with Crippen molar-refractivity contribution in [3.05, 3.63) is 77.6 Å². The Morgan fingerprint density at radius 1 is 1.03 bits per heavy atom. The second kappa shape index (κ2) is 7.59. The molecular formula is C21H19N7O. The fourth-order valence-electron chi connectivity index (χ4n) is 2.94. The lowest BCUT2D eigenvalue weighted by atomic mass is 10.1. The number of carbonyl (C=O) groups excluding carboxylic acids is 1. The molecule has 0 unspecified atom stereocenters. The van der Waals surface area contributed by atoms with Gasteiger partial charge < -0.3 is 5.32 Å². The molecule has 0 atom stereocenters. The Balaban J connectivity index is 1.66. The van der Waals surface area contributed by atoms with Gasteiger partial charge in [0, 0.05) is 24.2 Å². The van der Waals surface area contributed by atoms with Crippen molar-refractivity contribution in [2.75, 3.05) is 5.32 Å². The van der Waals surface area contributed by atoms with Gasteiger partial charge in [0.25, 0.3) is 5.91 Å². The minimum absolute atomic E-state index is 0.329. The predicted octanol–water partition coefficient (Wildman–Crippen LogP) is 3.30. The lowest BCUT2D eigenvalue weighted by Gasteiger charge is -2.11. The molecule has 29 heavy (non-hydrogen) atoms. The van der Waals surface area contributed by atoms with E-state index in [0.29, 0.717) is 28.7 Å². The summed E-state index contributed by atoms with van der Waals surface area (Å²) in [5.74, 6) is 0.547. The molecule has 0 spiro atoms. The molecule has 0 aliphatic rings. The number of pyridine rings is 2. The maximum absolute atomic E-state index is 12.9. The maximum Gasteiger partial charge on any atom is 0.275 e. The maximum atomic E-state index is 12.9. The zero-order valence-electron chi connectivity index (χ0n) is 16.3. The molecule has 1 amide bonds. The largest absolute Gasteiger partial charge is 0.305 e. The van der Waals surface area contributed by atoms with Gasteiger partial charge in [0.1, 0.15) is 17.2 Å². The van der Waals surface area contributed by atoms with Gasteiger partial charge in [-0.25, -0.2) is 14.6 Å². The fourth-order valence-corrected chi connectivity index (χ4v) is 2.94. The first-order chi connectivity index (χ1) is 14.0. The molecule has 0 saturated heterocycles. The van der Waals surface area contributed by atoms with E-state index in [1.807, 2.05) is 32.9 Å². The Labute approximate surface area is 167 Å². The van der Waals surface area contributed by atoms with Crippen LogP contribution in [0.2, 0.25) is 0 Å². The van der Waals surface area contributed by atoms with Gasteiger partial charge in [0.05, 0.1) is 18.1 Å². The van der Waals surface area contributed by atoms with Gasteiger partial charge in [-0.1, -0.05) is 0 Å². The van der Waals surface area contributed by atoms with E-state index in [2.05, 4.69) is 30.4 Å². The van der Waals surface area contributed by atoms with Crippen LogP contribution in [0.4, 0.5) is 5.82 Å². The predicted molar refractivity (Wildman–Crippen MR) is 109 cm³/mol. The normalized spacial score (nSPS) is 10.7. The minimum atomic E-state index is -0.329. The first-order valence-corrected chi connectivity index (χ1v) is 9.07. The summed E-state index contributed by atoms with van der Waals surface area (Å²) in [6, 6.07) is 8.92. The highest BCUT2D eigenvalue weighted by atomic mass is 16.2. The van der Waals surface area contributed by atoms with Crippen LogP contribution in [0, 0.1) is 20.8 Å². The van der Waals surface area contributed by atoms with Crippen LogP contribution in [0.15, 0.2) is 55.1 Å². The second-order valence-corrected chi connectivity index (χ2v) is 6.61. The molecule has 1 N–H and O–H groups in total. The van der Waals surface area contributed by atoms with Crippen molar-refractivity contribution in [3.8, 4) is 17.2 Å². The second-order valence-electron chi connectivity index (χ2n) is 6.61. The first kappa shape index (κ1) is 18.4. The number of rotatable bonds is 4. The van der Waals surface area contributed by atoms with E-state index in [0.717, 1.165) is 16.8 Å². The number of aromatic nitrogens is 6. The summed E-state index contributed by atoms with van der Waals surface area (Å²) in [7, 11) is 0. The van der Waals surface area contributed by atoms with Crippen molar-refractivity contribution in [1.82, 2.24) is 29.7 Å². The van der Waals surface area contributed by atoms with Crippen LogP contribution in [0.3, 0.4) is 0 Å². The molecule has 0 saturated carbocycles. The topological polar surface area (TPSA) is 98.5 Å². The number of hydrogen-bond acceptors (Lipinski definition) is 6. The van der Waals surface area contributed by atoms with Crippen LogP contribution in [-0.2, 0) is 0 Å². The quantitative estimate of drug-likeness (QED) is 0.579. The molecular weight excluding hydrogens is 366 g/mol. The number of nitrogens with zero attached hydrogens (tertiary/aromatic N) is 6. The molecule has 4 rings (SSSR count). The van der Waals surface area contributed by atoms with Crippen LogP contribution in [0.5, 0.6) is 0 Å². The molecule has 144 valence electrons. The molecule has 0 fully saturated rings. The number of anilines is 1. The Morgan fingerprint density at radius 2 is 1.90 bits per heavy atom. The third-order valence-corrected chi connectivity index (χ3v) is 4.55. The Kier molecular flexibility index (Phi) is 4.82. The average molecular weight is 385 g/mol. The van der Waals surface area contributed by atoms with E-state index < -0.39 is 0 Å². The Bertz CT molecular complexity index is 1180. The number of aryl methyl sites for hydroxylation is 2. The van der Waals surface area contributed by atoms with E-state index in [9.17, 15) is 4.79 Å². The van der Waals surface area contributed by atoms with Crippen LogP contribution in [0.1, 0.15) is 27.3 Å². The lowest BCUT2D eigenvalue weighted by molar-refractivity contribution is 0.101. The molecule has 4 aromatic heterocycles. The van der Waals surface area contributed by atoms with Crippen molar-refractivity contribution >= 4 is 11.7 Å². The van der Waals surface area contributed by atoms with Crippen molar-refractivity contribution < 1.29 is 4.79 Å². The highest BCUT2D eigenvalue weighted by Crippen LogP contribution is 2.22. The lowest BCUT2D eigenvalue weighted by Crippen LogP contribution is -2.18. The van der Waals surface area contributed by atoms with Crippen molar-refractivity contribution in [3.63, 3.8) is 0 Å². The highest BCUT2D eigenvalue weighted by molar-refractivity contribution is 6.03. The SMILES string of the molecule is Cc1cc(NC(=O)c2ccnn2-c2cccnc2)nc(-c2nccc(C)c2C)n1. The van der Waals surface area contributed by atoms with E-state index in [1.54, 1.807) is 43.0 Å². The van der Waals surface area contributed by atoms with Gasteiger partial charge in [-0.15, -0.1) is 0 Å². The summed E-state index contributed by atoms with van der Waals surface area (Å²) in [6.07, 6.45) is 6.61. The summed E-state index contributed by atoms with van der Waals surface area (Å²) in [5.41, 5.74) is 4.61. The zero-order chi connectivity index (χ0) is 20.4. The van der Waals surface area contributed by atoms with E-state index >= 15 is 0 Å². The fraction of sp³-hybridized carbons (Fsp3) is 0.143. The summed E-state index contributed by atoms with van der Waals surface area (Å²) in [5, 5.41) is 7.07.